The molecule has 0 aliphatic heterocycles. The monoisotopic (exact) mass is 550 g/mol. The summed E-state index contributed by atoms with van der Waals surface area (Å²) in [7, 11) is 0. The Morgan fingerprint density at radius 1 is 1.02 bits per heavy atom. The first kappa shape index (κ1) is 30.7. The summed E-state index contributed by atoms with van der Waals surface area (Å²) in [5, 5.41) is 5.61. The third kappa shape index (κ3) is 7.61. The fourth-order valence-electron chi connectivity index (χ4n) is 4.88. The zero-order chi connectivity index (χ0) is 29.9. The fourth-order valence-corrected chi connectivity index (χ4v) is 4.88. The van der Waals surface area contributed by atoms with Gasteiger partial charge in [0.25, 0.3) is 5.91 Å². The van der Waals surface area contributed by atoms with Crippen LogP contribution in [0.2, 0.25) is 0 Å². The molecule has 4 atom stereocenters. The van der Waals surface area contributed by atoms with Crippen molar-refractivity contribution < 1.29 is 23.9 Å². The minimum absolute atomic E-state index is 0.125. The highest BCUT2D eigenvalue weighted by Crippen LogP contribution is 2.42. The smallest absolute Gasteiger partial charge is 0.408 e. The number of anilines is 1. The van der Waals surface area contributed by atoms with Crippen LogP contribution in [-0.2, 0) is 19.1 Å². The van der Waals surface area contributed by atoms with Gasteiger partial charge < -0.3 is 26.0 Å². The van der Waals surface area contributed by atoms with Crippen LogP contribution in [0.1, 0.15) is 74.4 Å². The molecule has 2 aromatic carbocycles. The Hall–Kier alpha value is -3.88. The van der Waals surface area contributed by atoms with E-state index in [9.17, 15) is 19.2 Å². The topological polar surface area (TPSA) is 131 Å². The predicted octanol–water partition coefficient (Wildman–Crippen LogP) is 4.61. The quantitative estimate of drug-likeness (QED) is 0.420. The minimum Gasteiger partial charge on any atom is -0.444 e. The third-order valence-corrected chi connectivity index (χ3v) is 7.06. The van der Waals surface area contributed by atoms with Gasteiger partial charge in [-0.2, -0.15) is 0 Å². The number of alkyl carbamates (subject to hydrolysis) is 1. The first-order valence-electron chi connectivity index (χ1n) is 13.6. The van der Waals surface area contributed by atoms with Crippen molar-refractivity contribution in [3.63, 3.8) is 0 Å². The van der Waals surface area contributed by atoms with Crippen LogP contribution in [0, 0.1) is 33.6 Å². The number of nitrogens with two attached hydrogens (primary N) is 1. The van der Waals surface area contributed by atoms with Crippen LogP contribution in [0.15, 0.2) is 36.4 Å². The van der Waals surface area contributed by atoms with Crippen LogP contribution < -0.4 is 16.4 Å². The van der Waals surface area contributed by atoms with E-state index in [1.807, 2.05) is 71.0 Å². The maximum atomic E-state index is 14.3. The molecule has 216 valence electrons. The molecule has 2 aromatic rings. The van der Waals surface area contributed by atoms with Crippen LogP contribution in [0.25, 0.3) is 0 Å². The number of nitrogens with one attached hydrogen (secondary N) is 2. The molecule has 0 bridgehead atoms. The molecule has 40 heavy (non-hydrogen) atoms. The maximum absolute atomic E-state index is 14.3. The largest absolute Gasteiger partial charge is 0.444 e. The van der Waals surface area contributed by atoms with Gasteiger partial charge >= 0.3 is 6.09 Å². The Kier molecular flexibility index (Phi) is 9.28. The van der Waals surface area contributed by atoms with Crippen molar-refractivity contribution in [1.82, 2.24) is 10.2 Å². The van der Waals surface area contributed by atoms with Crippen molar-refractivity contribution in [3.8, 4) is 0 Å². The molecule has 0 spiro atoms. The number of ether oxygens (including phenoxy) is 1. The molecule has 3 rings (SSSR count). The average Bonchev–Trinajstić information content (AvgIpc) is 3.54. The summed E-state index contributed by atoms with van der Waals surface area (Å²) >= 11 is 0. The average molecular weight is 551 g/mol. The lowest BCUT2D eigenvalue weighted by atomic mass is 9.95. The van der Waals surface area contributed by atoms with Gasteiger partial charge in [0.15, 0.2) is 0 Å². The first-order chi connectivity index (χ1) is 18.6. The van der Waals surface area contributed by atoms with Gasteiger partial charge in [-0.05, 0) is 83.1 Å². The zero-order valence-electron chi connectivity index (χ0n) is 24.8. The standard InChI is InChI=1S/C31H42N4O5/c1-17-12-13-18(2)22(14-17)27(28(37)34-26-19(3)10-9-11-20(26)4)35(24-15-21(24)5)29(38)23(16-25(32)36)33-30(39)40-31(6,7)8/h9-14,21,23-24,27H,15-16H2,1-8H3,(H2,32,36)(H,33,39)(H,34,37). The van der Waals surface area contributed by atoms with Crippen molar-refractivity contribution in [2.24, 2.45) is 11.7 Å². The molecule has 0 aromatic heterocycles. The van der Waals surface area contributed by atoms with Gasteiger partial charge in [-0.3, -0.25) is 14.4 Å². The van der Waals surface area contributed by atoms with Crippen molar-refractivity contribution in [3.05, 3.63) is 64.2 Å². The van der Waals surface area contributed by atoms with Crippen LogP contribution in [0.3, 0.4) is 0 Å². The molecule has 4 amide bonds. The number of rotatable bonds is 9. The summed E-state index contributed by atoms with van der Waals surface area (Å²) in [6.07, 6.45) is -0.605. The molecule has 0 saturated heterocycles. The summed E-state index contributed by atoms with van der Waals surface area (Å²) in [5.74, 6) is -1.59. The van der Waals surface area contributed by atoms with Crippen molar-refractivity contribution in [1.29, 1.82) is 0 Å². The van der Waals surface area contributed by atoms with Crippen LogP contribution >= 0.6 is 0 Å². The van der Waals surface area contributed by atoms with Crippen LogP contribution in [0.4, 0.5) is 10.5 Å². The van der Waals surface area contributed by atoms with Crippen LogP contribution in [-0.4, -0.2) is 46.4 Å². The van der Waals surface area contributed by atoms with Gasteiger partial charge in [-0.25, -0.2) is 4.79 Å². The van der Waals surface area contributed by atoms with Gasteiger partial charge in [0.05, 0.1) is 6.42 Å². The number of para-hydroxylation sites is 1. The zero-order valence-corrected chi connectivity index (χ0v) is 24.8. The number of carbonyl (C=O) groups is 4. The van der Waals surface area contributed by atoms with Crippen LogP contribution in [0.5, 0.6) is 0 Å². The number of carbonyl (C=O) groups excluding carboxylic acids is 4. The number of hydrogen-bond acceptors (Lipinski definition) is 5. The number of aryl methyl sites for hydroxylation is 4. The molecular formula is C31H42N4O5. The molecule has 0 heterocycles. The first-order valence-corrected chi connectivity index (χ1v) is 13.6. The molecule has 1 aliphatic carbocycles. The lowest BCUT2D eigenvalue weighted by molar-refractivity contribution is -0.142. The van der Waals surface area contributed by atoms with E-state index in [-0.39, 0.29) is 17.9 Å². The molecule has 1 fully saturated rings. The summed E-state index contributed by atoms with van der Waals surface area (Å²) < 4.78 is 5.36. The highest BCUT2D eigenvalue weighted by molar-refractivity contribution is 6.01. The molecular weight excluding hydrogens is 508 g/mol. The maximum Gasteiger partial charge on any atom is 0.408 e. The van der Waals surface area contributed by atoms with E-state index >= 15 is 0 Å². The molecule has 9 heteroatoms. The Morgan fingerprint density at radius 2 is 1.62 bits per heavy atom. The Labute approximate surface area is 236 Å². The lowest BCUT2D eigenvalue weighted by Crippen LogP contribution is -2.54. The lowest BCUT2D eigenvalue weighted by Gasteiger charge is -2.35. The number of nitrogens with zero attached hydrogens (tertiary/aromatic N) is 1. The van der Waals surface area contributed by atoms with E-state index < -0.39 is 42.0 Å². The van der Waals surface area contributed by atoms with E-state index in [2.05, 4.69) is 10.6 Å². The van der Waals surface area contributed by atoms with E-state index in [1.54, 1.807) is 20.8 Å². The number of benzene rings is 2. The van der Waals surface area contributed by atoms with Gasteiger partial charge in [0.2, 0.25) is 11.8 Å². The molecule has 1 aliphatic rings. The Balaban J connectivity index is 2.11. The highest BCUT2D eigenvalue weighted by atomic mass is 16.6. The van der Waals surface area contributed by atoms with Gasteiger partial charge in [0.1, 0.15) is 17.7 Å². The van der Waals surface area contributed by atoms with Gasteiger partial charge in [0, 0.05) is 11.7 Å². The second kappa shape index (κ2) is 12.1. The molecule has 9 nitrogen and oxygen atoms in total. The van der Waals surface area contributed by atoms with E-state index in [1.165, 1.54) is 4.90 Å². The number of amides is 4. The second-order valence-corrected chi connectivity index (χ2v) is 11.9. The van der Waals surface area contributed by atoms with Crippen molar-refractivity contribution in [2.75, 3.05) is 5.32 Å². The molecule has 4 N–H and O–H groups in total. The van der Waals surface area contributed by atoms with E-state index in [0.29, 0.717) is 17.7 Å². The van der Waals surface area contributed by atoms with Gasteiger partial charge in [-0.1, -0.05) is 48.9 Å². The van der Waals surface area contributed by atoms with Crippen molar-refractivity contribution >= 4 is 29.5 Å². The SMILES string of the molecule is Cc1ccc(C)c(C(C(=O)Nc2c(C)cccc2C)N(C(=O)C(CC(N)=O)NC(=O)OC(C)(C)C)C2CC2C)c1. The minimum atomic E-state index is -1.30. The molecule has 4 unspecified atom stereocenters. The normalized spacial score (nSPS) is 17.8. The van der Waals surface area contributed by atoms with E-state index in [4.69, 9.17) is 10.5 Å². The van der Waals surface area contributed by atoms with Gasteiger partial charge in [-0.15, -0.1) is 0 Å². The Bertz CT molecular complexity index is 1280. The predicted molar refractivity (Wildman–Crippen MR) is 155 cm³/mol. The summed E-state index contributed by atoms with van der Waals surface area (Å²) in [6.45, 7) is 14.7. The summed E-state index contributed by atoms with van der Waals surface area (Å²) in [4.78, 5) is 54.7. The number of primary amides is 1. The Morgan fingerprint density at radius 3 is 2.15 bits per heavy atom. The third-order valence-electron chi connectivity index (χ3n) is 7.06. The molecule has 0 radical (unpaired) electrons. The van der Waals surface area contributed by atoms with E-state index in [0.717, 1.165) is 22.3 Å². The summed E-state index contributed by atoms with van der Waals surface area (Å²) in [6, 6.07) is 8.93. The highest BCUT2D eigenvalue weighted by Gasteiger charge is 2.48. The summed E-state index contributed by atoms with van der Waals surface area (Å²) in [5.41, 5.74) is 9.59. The van der Waals surface area contributed by atoms with Crippen molar-refractivity contribution in [2.45, 2.75) is 92.0 Å². The number of hydrogen-bond donors (Lipinski definition) is 3. The second-order valence-electron chi connectivity index (χ2n) is 11.9. The molecule has 1 saturated carbocycles. The fraction of sp³-hybridized carbons (Fsp3) is 0.484.